The minimum absolute atomic E-state index is 0.00887. The number of benzene rings is 1. The number of primary amides is 1. The molecule has 1 aromatic carbocycles. The number of aromatic nitrogens is 2. The van der Waals surface area contributed by atoms with Gasteiger partial charge in [-0.05, 0) is 58.6 Å². The first-order valence-corrected chi connectivity index (χ1v) is 10.3. The van der Waals surface area contributed by atoms with Crippen molar-refractivity contribution >= 4 is 17.7 Å². The van der Waals surface area contributed by atoms with E-state index in [0.29, 0.717) is 18.2 Å². The summed E-state index contributed by atoms with van der Waals surface area (Å²) in [5.74, 6) is 0.00109. The number of carbonyl (C=O) groups excluding carboxylic acids is 2. The molecule has 1 aromatic heterocycles. The van der Waals surface area contributed by atoms with E-state index in [2.05, 4.69) is 5.10 Å². The Morgan fingerprint density at radius 1 is 1.23 bits per heavy atom. The monoisotopic (exact) mass is 412 g/mol. The summed E-state index contributed by atoms with van der Waals surface area (Å²) < 4.78 is 13.2. The van der Waals surface area contributed by atoms with Crippen LogP contribution in [-0.2, 0) is 16.0 Å². The quantitative estimate of drug-likeness (QED) is 0.811. The number of carbonyl (C=O) groups is 2. The van der Waals surface area contributed by atoms with E-state index in [4.69, 9.17) is 15.2 Å². The molecule has 8 heteroatoms. The topological polar surface area (TPSA) is 99.7 Å². The highest BCUT2D eigenvalue weighted by molar-refractivity contribution is 5.92. The van der Waals surface area contributed by atoms with E-state index in [1.54, 1.807) is 18.7 Å². The lowest BCUT2D eigenvalue weighted by Crippen LogP contribution is -2.45. The number of methoxy groups -OCH3 is 1. The Morgan fingerprint density at radius 2 is 1.97 bits per heavy atom. The van der Waals surface area contributed by atoms with E-state index in [-0.39, 0.29) is 6.04 Å². The molecule has 160 valence electrons. The number of rotatable bonds is 5. The molecule has 1 saturated carbocycles. The Morgan fingerprint density at radius 3 is 2.60 bits per heavy atom. The fourth-order valence-corrected chi connectivity index (χ4v) is 3.85. The SMILES string of the molecule is COC(=O)N1c2ccc(-c3cnn(C4CC4)c3)c(OC(C)(C)C(N)=O)c2CC[C@@H]1C. The van der Waals surface area contributed by atoms with Crippen molar-refractivity contribution in [3.05, 3.63) is 30.1 Å². The molecule has 2 N–H and O–H groups in total. The van der Waals surface area contributed by atoms with E-state index in [9.17, 15) is 9.59 Å². The van der Waals surface area contributed by atoms with Crippen molar-refractivity contribution in [3.63, 3.8) is 0 Å². The predicted molar refractivity (Wildman–Crippen MR) is 113 cm³/mol. The van der Waals surface area contributed by atoms with E-state index in [1.165, 1.54) is 7.11 Å². The summed E-state index contributed by atoms with van der Waals surface area (Å²) in [7, 11) is 1.37. The van der Waals surface area contributed by atoms with Crippen molar-refractivity contribution < 1.29 is 19.1 Å². The third-order valence-electron chi connectivity index (χ3n) is 5.90. The second kappa shape index (κ2) is 7.34. The molecule has 0 unspecified atom stereocenters. The van der Waals surface area contributed by atoms with Gasteiger partial charge in [0.15, 0.2) is 5.60 Å². The fourth-order valence-electron chi connectivity index (χ4n) is 3.85. The van der Waals surface area contributed by atoms with Gasteiger partial charge in [-0.15, -0.1) is 0 Å². The van der Waals surface area contributed by atoms with Crippen molar-refractivity contribution in [1.29, 1.82) is 0 Å². The van der Waals surface area contributed by atoms with E-state index in [1.807, 2.05) is 36.1 Å². The Labute approximate surface area is 175 Å². The molecule has 0 radical (unpaired) electrons. The number of nitrogens with two attached hydrogens (primary N) is 1. The van der Waals surface area contributed by atoms with Gasteiger partial charge in [-0.2, -0.15) is 5.10 Å². The Kier molecular flexibility index (Phi) is 4.95. The van der Waals surface area contributed by atoms with Crippen LogP contribution in [0.15, 0.2) is 24.5 Å². The zero-order chi connectivity index (χ0) is 21.6. The summed E-state index contributed by atoms with van der Waals surface area (Å²) in [6.45, 7) is 5.28. The number of ether oxygens (including phenoxy) is 2. The molecule has 0 spiro atoms. The zero-order valence-electron chi connectivity index (χ0n) is 17.8. The lowest BCUT2D eigenvalue weighted by Gasteiger charge is -2.36. The molecule has 2 heterocycles. The van der Waals surface area contributed by atoms with Crippen LogP contribution in [-0.4, -0.2) is 40.5 Å². The van der Waals surface area contributed by atoms with Crippen LogP contribution < -0.4 is 15.4 Å². The van der Waals surface area contributed by atoms with Crippen LogP contribution in [0.3, 0.4) is 0 Å². The van der Waals surface area contributed by atoms with Gasteiger partial charge in [0.25, 0.3) is 5.91 Å². The molecule has 2 aliphatic rings. The van der Waals surface area contributed by atoms with Gasteiger partial charge >= 0.3 is 6.09 Å². The Bertz CT molecular complexity index is 993. The van der Waals surface area contributed by atoms with Gasteiger partial charge in [-0.25, -0.2) is 4.79 Å². The largest absolute Gasteiger partial charge is 0.477 e. The predicted octanol–water partition coefficient (Wildman–Crippen LogP) is 3.44. The van der Waals surface area contributed by atoms with Gasteiger partial charge in [-0.3, -0.25) is 14.4 Å². The number of amides is 2. The van der Waals surface area contributed by atoms with Crippen molar-refractivity contribution in [1.82, 2.24) is 9.78 Å². The minimum Gasteiger partial charge on any atom is -0.477 e. The molecule has 1 aliphatic heterocycles. The van der Waals surface area contributed by atoms with Gasteiger partial charge in [0, 0.05) is 28.9 Å². The average Bonchev–Trinajstić information content (AvgIpc) is 3.44. The van der Waals surface area contributed by atoms with Crippen molar-refractivity contribution in [2.24, 2.45) is 5.73 Å². The van der Waals surface area contributed by atoms with Crippen LogP contribution in [0.1, 0.15) is 51.6 Å². The molecule has 1 aliphatic carbocycles. The maximum Gasteiger partial charge on any atom is 0.414 e. The summed E-state index contributed by atoms with van der Waals surface area (Å²) in [5, 5.41) is 4.49. The molecule has 0 saturated heterocycles. The van der Waals surface area contributed by atoms with Gasteiger partial charge < -0.3 is 15.2 Å². The summed E-state index contributed by atoms with van der Waals surface area (Å²) in [5.41, 5.74) is 7.71. The molecule has 4 rings (SSSR count). The number of hydrogen-bond donors (Lipinski definition) is 1. The molecule has 30 heavy (non-hydrogen) atoms. The molecule has 2 aromatic rings. The third-order valence-corrected chi connectivity index (χ3v) is 5.90. The Hall–Kier alpha value is -3.03. The van der Waals surface area contributed by atoms with Crippen LogP contribution in [0.4, 0.5) is 10.5 Å². The highest BCUT2D eigenvalue weighted by atomic mass is 16.5. The second-order valence-corrected chi connectivity index (χ2v) is 8.58. The number of fused-ring (bicyclic) bond motifs is 1. The van der Waals surface area contributed by atoms with Crippen LogP contribution in [0.25, 0.3) is 11.1 Å². The van der Waals surface area contributed by atoms with E-state index >= 15 is 0 Å². The highest BCUT2D eigenvalue weighted by Crippen LogP contribution is 2.45. The average molecular weight is 412 g/mol. The third kappa shape index (κ3) is 3.51. The molecule has 1 atom stereocenters. The van der Waals surface area contributed by atoms with Gasteiger partial charge in [0.05, 0.1) is 25.0 Å². The van der Waals surface area contributed by atoms with Gasteiger partial charge in [-0.1, -0.05) is 0 Å². The zero-order valence-corrected chi connectivity index (χ0v) is 17.8. The fraction of sp³-hybridized carbons (Fsp3) is 0.500. The second-order valence-electron chi connectivity index (χ2n) is 8.58. The minimum atomic E-state index is -1.21. The summed E-state index contributed by atoms with van der Waals surface area (Å²) >= 11 is 0. The standard InChI is InChI=1S/C22H28N4O4/c1-13-5-8-17-18(26(13)21(28)29-4)10-9-16(19(17)30-22(2,3)20(23)27)14-11-24-25(12-14)15-6-7-15/h9-13,15H,5-8H2,1-4H3,(H2,23,27)/t13-/m0/s1. The molecule has 8 nitrogen and oxygen atoms in total. The Balaban J connectivity index is 1.86. The smallest absolute Gasteiger partial charge is 0.414 e. The number of hydrogen-bond acceptors (Lipinski definition) is 5. The molecule has 1 fully saturated rings. The van der Waals surface area contributed by atoms with Crippen LogP contribution >= 0.6 is 0 Å². The first kappa shape index (κ1) is 20.3. The van der Waals surface area contributed by atoms with E-state index in [0.717, 1.165) is 41.6 Å². The maximum atomic E-state index is 12.5. The maximum absolute atomic E-state index is 12.5. The molecular weight excluding hydrogens is 384 g/mol. The van der Waals surface area contributed by atoms with Gasteiger partial charge in [0.2, 0.25) is 0 Å². The molecule has 2 amide bonds. The highest BCUT2D eigenvalue weighted by Gasteiger charge is 2.35. The normalized spacial score (nSPS) is 18.7. The van der Waals surface area contributed by atoms with Gasteiger partial charge in [0.1, 0.15) is 5.75 Å². The lowest BCUT2D eigenvalue weighted by atomic mass is 9.92. The summed E-state index contributed by atoms with van der Waals surface area (Å²) in [6.07, 6.45) is 7.13. The lowest BCUT2D eigenvalue weighted by molar-refractivity contribution is -0.130. The first-order valence-electron chi connectivity index (χ1n) is 10.3. The first-order chi connectivity index (χ1) is 14.2. The summed E-state index contributed by atoms with van der Waals surface area (Å²) in [6, 6.07) is 4.27. The number of anilines is 1. The number of nitrogens with zero attached hydrogens (tertiary/aromatic N) is 3. The van der Waals surface area contributed by atoms with Crippen molar-refractivity contribution in [2.45, 2.75) is 64.1 Å². The van der Waals surface area contributed by atoms with Crippen LogP contribution in [0.2, 0.25) is 0 Å². The van der Waals surface area contributed by atoms with Crippen LogP contribution in [0, 0.1) is 0 Å². The molecular formula is C22H28N4O4. The van der Waals surface area contributed by atoms with Crippen molar-refractivity contribution in [2.75, 3.05) is 12.0 Å². The summed E-state index contributed by atoms with van der Waals surface area (Å²) in [4.78, 5) is 26.1. The van der Waals surface area contributed by atoms with E-state index < -0.39 is 17.6 Å². The van der Waals surface area contributed by atoms with Crippen LogP contribution in [0.5, 0.6) is 5.75 Å². The van der Waals surface area contributed by atoms with Crippen molar-refractivity contribution in [3.8, 4) is 16.9 Å². The molecule has 0 bridgehead atoms.